The third kappa shape index (κ3) is 3.07. The number of hydrogen-bond acceptors (Lipinski definition) is 3. The molecule has 1 aliphatic rings. The molecule has 1 aromatic rings. The predicted octanol–water partition coefficient (Wildman–Crippen LogP) is 1.89. The second-order valence-electron chi connectivity index (χ2n) is 5.16. The molecule has 4 heteroatoms. The highest BCUT2D eigenvalue weighted by Crippen LogP contribution is 2.26. The number of aliphatic hydroxyl groups is 1. The maximum Gasteiger partial charge on any atom is 0.255 e. The SMILES string of the molecule is COc1ccc(C)cc1C(=O)NC1CCCC1CO. The van der Waals surface area contributed by atoms with Crippen molar-refractivity contribution in [1.82, 2.24) is 5.32 Å². The molecule has 1 amide bonds. The fourth-order valence-electron chi connectivity index (χ4n) is 2.69. The number of ether oxygens (including phenoxy) is 1. The molecule has 0 spiro atoms. The third-order valence-corrected chi connectivity index (χ3v) is 3.81. The van der Waals surface area contributed by atoms with Gasteiger partial charge in [0.2, 0.25) is 0 Å². The van der Waals surface area contributed by atoms with Crippen LogP contribution in [0.2, 0.25) is 0 Å². The number of benzene rings is 1. The van der Waals surface area contributed by atoms with Crippen LogP contribution >= 0.6 is 0 Å². The van der Waals surface area contributed by atoms with Gasteiger partial charge in [-0.05, 0) is 31.9 Å². The van der Waals surface area contributed by atoms with Gasteiger partial charge in [0.05, 0.1) is 12.7 Å². The van der Waals surface area contributed by atoms with Crippen LogP contribution in [0, 0.1) is 12.8 Å². The van der Waals surface area contributed by atoms with Gasteiger partial charge in [0.15, 0.2) is 0 Å². The van der Waals surface area contributed by atoms with Crippen molar-refractivity contribution in [3.63, 3.8) is 0 Å². The van der Waals surface area contributed by atoms with Crippen molar-refractivity contribution < 1.29 is 14.6 Å². The van der Waals surface area contributed by atoms with E-state index in [2.05, 4.69) is 5.32 Å². The standard InChI is InChI=1S/C15H21NO3/c1-10-6-7-14(19-2)12(8-10)15(18)16-13-5-3-4-11(13)9-17/h6-8,11,13,17H,3-5,9H2,1-2H3,(H,16,18). The van der Waals surface area contributed by atoms with Crippen LogP contribution in [0.25, 0.3) is 0 Å². The van der Waals surface area contributed by atoms with Crippen molar-refractivity contribution in [3.05, 3.63) is 29.3 Å². The number of hydrogen-bond donors (Lipinski definition) is 2. The van der Waals surface area contributed by atoms with Crippen molar-refractivity contribution in [2.45, 2.75) is 32.2 Å². The lowest BCUT2D eigenvalue weighted by atomic mass is 10.0. The molecule has 0 bridgehead atoms. The Morgan fingerprint density at radius 1 is 1.47 bits per heavy atom. The Morgan fingerprint density at radius 3 is 2.95 bits per heavy atom. The van der Waals surface area contributed by atoms with E-state index in [9.17, 15) is 9.90 Å². The average molecular weight is 263 g/mol. The molecule has 1 saturated carbocycles. The molecular formula is C15H21NO3. The lowest BCUT2D eigenvalue weighted by Gasteiger charge is -2.20. The van der Waals surface area contributed by atoms with E-state index in [1.165, 1.54) is 0 Å². The second kappa shape index (κ2) is 6.06. The van der Waals surface area contributed by atoms with Crippen LogP contribution in [0.3, 0.4) is 0 Å². The van der Waals surface area contributed by atoms with Gasteiger partial charge in [-0.2, -0.15) is 0 Å². The van der Waals surface area contributed by atoms with E-state index in [0.717, 1.165) is 24.8 Å². The minimum Gasteiger partial charge on any atom is -0.496 e. The molecule has 2 unspecified atom stereocenters. The Hall–Kier alpha value is -1.55. The second-order valence-corrected chi connectivity index (χ2v) is 5.16. The van der Waals surface area contributed by atoms with E-state index >= 15 is 0 Å². The predicted molar refractivity (Wildman–Crippen MR) is 73.4 cm³/mol. The minimum absolute atomic E-state index is 0.0720. The molecule has 0 aliphatic heterocycles. The summed E-state index contributed by atoms with van der Waals surface area (Å²) in [4.78, 5) is 12.3. The number of carbonyl (C=O) groups is 1. The van der Waals surface area contributed by atoms with Gasteiger partial charge in [0.1, 0.15) is 5.75 Å². The summed E-state index contributed by atoms with van der Waals surface area (Å²) in [6.07, 6.45) is 2.97. The Bertz CT molecular complexity index is 459. The average Bonchev–Trinajstić information content (AvgIpc) is 2.85. The van der Waals surface area contributed by atoms with Crippen LogP contribution in [-0.2, 0) is 0 Å². The zero-order valence-electron chi connectivity index (χ0n) is 11.5. The molecule has 1 aliphatic carbocycles. The van der Waals surface area contributed by atoms with Gasteiger partial charge in [-0.3, -0.25) is 4.79 Å². The fourth-order valence-corrected chi connectivity index (χ4v) is 2.69. The molecule has 0 radical (unpaired) electrons. The van der Waals surface area contributed by atoms with Crippen LogP contribution in [-0.4, -0.2) is 30.8 Å². The summed E-state index contributed by atoms with van der Waals surface area (Å²) >= 11 is 0. The van der Waals surface area contributed by atoms with Crippen molar-refractivity contribution in [1.29, 1.82) is 0 Å². The molecule has 2 N–H and O–H groups in total. The number of aryl methyl sites for hydroxylation is 1. The Balaban J connectivity index is 2.13. The van der Waals surface area contributed by atoms with Crippen molar-refractivity contribution >= 4 is 5.91 Å². The molecule has 2 rings (SSSR count). The van der Waals surface area contributed by atoms with Crippen molar-refractivity contribution in [2.75, 3.05) is 13.7 Å². The lowest BCUT2D eigenvalue weighted by Crippen LogP contribution is -2.38. The van der Waals surface area contributed by atoms with Crippen LogP contribution < -0.4 is 10.1 Å². The molecule has 0 heterocycles. The van der Waals surface area contributed by atoms with E-state index in [0.29, 0.717) is 11.3 Å². The first-order valence-electron chi connectivity index (χ1n) is 6.72. The summed E-state index contributed by atoms with van der Waals surface area (Å²) in [5, 5.41) is 12.3. The van der Waals surface area contributed by atoms with Crippen LogP contribution in [0.15, 0.2) is 18.2 Å². The molecule has 2 atom stereocenters. The van der Waals surface area contributed by atoms with Crippen LogP contribution in [0.5, 0.6) is 5.75 Å². The van der Waals surface area contributed by atoms with Gasteiger partial charge in [-0.25, -0.2) is 0 Å². The monoisotopic (exact) mass is 263 g/mol. The zero-order valence-corrected chi connectivity index (χ0v) is 11.5. The van der Waals surface area contributed by atoms with Gasteiger partial charge in [0.25, 0.3) is 5.91 Å². The molecule has 4 nitrogen and oxygen atoms in total. The van der Waals surface area contributed by atoms with E-state index < -0.39 is 0 Å². The fraction of sp³-hybridized carbons (Fsp3) is 0.533. The number of methoxy groups -OCH3 is 1. The van der Waals surface area contributed by atoms with E-state index in [4.69, 9.17) is 4.74 Å². The minimum atomic E-state index is -0.120. The molecule has 1 aromatic carbocycles. The normalized spacial score (nSPS) is 22.3. The first-order chi connectivity index (χ1) is 9.15. The molecule has 0 aromatic heterocycles. The van der Waals surface area contributed by atoms with Gasteiger partial charge in [-0.15, -0.1) is 0 Å². The van der Waals surface area contributed by atoms with Crippen LogP contribution in [0.1, 0.15) is 35.2 Å². The lowest BCUT2D eigenvalue weighted by molar-refractivity contribution is 0.0913. The summed E-state index contributed by atoms with van der Waals surface area (Å²) in [7, 11) is 1.56. The van der Waals surface area contributed by atoms with E-state index in [-0.39, 0.29) is 24.5 Å². The molecular weight excluding hydrogens is 242 g/mol. The smallest absolute Gasteiger partial charge is 0.255 e. The first kappa shape index (κ1) is 13.9. The van der Waals surface area contributed by atoms with Gasteiger partial charge in [0, 0.05) is 18.6 Å². The highest BCUT2D eigenvalue weighted by molar-refractivity contribution is 5.97. The number of aliphatic hydroxyl groups excluding tert-OH is 1. The Kier molecular flexibility index (Phi) is 4.43. The summed E-state index contributed by atoms with van der Waals surface area (Å²) in [5.41, 5.74) is 1.59. The number of rotatable bonds is 4. The Labute approximate surface area is 113 Å². The van der Waals surface area contributed by atoms with Crippen LogP contribution in [0.4, 0.5) is 0 Å². The zero-order chi connectivity index (χ0) is 13.8. The Morgan fingerprint density at radius 2 is 2.26 bits per heavy atom. The largest absolute Gasteiger partial charge is 0.496 e. The first-order valence-corrected chi connectivity index (χ1v) is 6.72. The quantitative estimate of drug-likeness (QED) is 0.872. The van der Waals surface area contributed by atoms with Gasteiger partial charge < -0.3 is 15.2 Å². The maximum absolute atomic E-state index is 12.3. The highest BCUT2D eigenvalue weighted by Gasteiger charge is 2.28. The summed E-state index contributed by atoms with van der Waals surface area (Å²) in [6.45, 7) is 2.08. The number of carbonyl (C=O) groups excluding carboxylic acids is 1. The topological polar surface area (TPSA) is 58.6 Å². The highest BCUT2D eigenvalue weighted by atomic mass is 16.5. The maximum atomic E-state index is 12.3. The molecule has 104 valence electrons. The summed E-state index contributed by atoms with van der Waals surface area (Å²) in [5.74, 6) is 0.646. The number of nitrogens with one attached hydrogen (secondary N) is 1. The van der Waals surface area contributed by atoms with E-state index in [1.54, 1.807) is 7.11 Å². The molecule has 0 saturated heterocycles. The third-order valence-electron chi connectivity index (χ3n) is 3.81. The van der Waals surface area contributed by atoms with Crippen molar-refractivity contribution in [3.8, 4) is 5.75 Å². The molecule has 1 fully saturated rings. The number of amides is 1. The van der Waals surface area contributed by atoms with Crippen molar-refractivity contribution in [2.24, 2.45) is 5.92 Å². The molecule has 19 heavy (non-hydrogen) atoms. The summed E-state index contributed by atoms with van der Waals surface area (Å²) < 4.78 is 5.23. The summed E-state index contributed by atoms with van der Waals surface area (Å²) in [6, 6.07) is 5.63. The van der Waals surface area contributed by atoms with Gasteiger partial charge in [-0.1, -0.05) is 18.1 Å². The van der Waals surface area contributed by atoms with E-state index in [1.807, 2.05) is 25.1 Å². The van der Waals surface area contributed by atoms with Gasteiger partial charge >= 0.3 is 0 Å².